The van der Waals surface area contributed by atoms with Crippen molar-refractivity contribution in [1.29, 1.82) is 0 Å². The Morgan fingerprint density at radius 2 is 2.19 bits per heavy atom. The predicted octanol–water partition coefficient (Wildman–Crippen LogP) is 3.82. The molecule has 0 amide bonds. The van der Waals surface area contributed by atoms with E-state index in [1.807, 2.05) is 6.20 Å². The fourth-order valence-electron chi connectivity index (χ4n) is 1.85. The first-order chi connectivity index (χ1) is 7.83. The summed E-state index contributed by atoms with van der Waals surface area (Å²) >= 11 is 3.47. The first kappa shape index (κ1) is 10.1. The average molecular weight is 277 g/mol. The van der Waals surface area contributed by atoms with Gasteiger partial charge in [0.15, 0.2) is 0 Å². The molecule has 0 spiro atoms. The molecular weight excluding hydrogens is 264 g/mol. The molecular formula is C13H13BrN2. The highest BCUT2D eigenvalue weighted by Gasteiger charge is 2.20. The number of hydrogen-bond acceptors (Lipinski definition) is 2. The summed E-state index contributed by atoms with van der Waals surface area (Å²) in [5.74, 6) is 0.888. The predicted molar refractivity (Wildman–Crippen MR) is 70.7 cm³/mol. The van der Waals surface area contributed by atoms with E-state index in [-0.39, 0.29) is 0 Å². The molecule has 1 heterocycles. The number of pyridine rings is 1. The zero-order valence-electron chi connectivity index (χ0n) is 8.91. The molecule has 82 valence electrons. The summed E-state index contributed by atoms with van der Waals surface area (Å²) in [6.07, 6.45) is 4.62. The minimum Gasteiger partial charge on any atom is -0.384 e. The van der Waals surface area contributed by atoms with Crippen LogP contribution in [0.1, 0.15) is 12.8 Å². The lowest BCUT2D eigenvalue weighted by molar-refractivity contribution is 0.890. The molecule has 0 unspecified atom stereocenters. The molecule has 1 aliphatic carbocycles. The van der Waals surface area contributed by atoms with Crippen LogP contribution in [0.4, 0.5) is 5.69 Å². The molecule has 1 aromatic carbocycles. The number of benzene rings is 1. The van der Waals surface area contributed by atoms with Crippen LogP contribution < -0.4 is 5.32 Å². The summed E-state index contributed by atoms with van der Waals surface area (Å²) in [4.78, 5) is 4.38. The van der Waals surface area contributed by atoms with Crippen molar-refractivity contribution in [3.05, 3.63) is 34.9 Å². The number of nitrogens with zero attached hydrogens (tertiary/aromatic N) is 1. The summed E-state index contributed by atoms with van der Waals surface area (Å²) in [7, 11) is 0. The van der Waals surface area contributed by atoms with Crippen molar-refractivity contribution < 1.29 is 0 Å². The highest BCUT2D eigenvalue weighted by atomic mass is 79.9. The smallest absolute Gasteiger partial charge is 0.0733 e. The molecule has 0 aliphatic heterocycles. The minimum absolute atomic E-state index is 0.888. The van der Waals surface area contributed by atoms with Crippen molar-refractivity contribution in [2.24, 2.45) is 5.92 Å². The van der Waals surface area contributed by atoms with Crippen molar-refractivity contribution in [2.45, 2.75) is 12.8 Å². The van der Waals surface area contributed by atoms with Gasteiger partial charge in [0.1, 0.15) is 0 Å². The first-order valence-corrected chi connectivity index (χ1v) is 6.40. The highest BCUT2D eigenvalue weighted by molar-refractivity contribution is 9.10. The van der Waals surface area contributed by atoms with Crippen LogP contribution in [-0.4, -0.2) is 11.5 Å². The molecule has 3 heteroatoms. The van der Waals surface area contributed by atoms with Crippen LogP contribution in [0.5, 0.6) is 0 Å². The molecule has 1 saturated carbocycles. The Bertz CT molecular complexity index is 520. The van der Waals surface area contributed by atoms with Gasteiger partial charge in [0, 0.05) is 28.3 Å². The number of aromatic nitrogens is 1. The second-order valence-corrected chi connectivity index (χ2v) is 5.26. The fourth-order valence-corrected chi connectivity index (χ4v) is 2.20. The molecule has 0 radical (unpaired) electrons. The van der Waals surface area contributed by atoms with Gasteiger partial charge in [-0.1, -0.05) is 15.9 Å². The molecule has 1 aromatic heterocycles. The largest absolute Gasteiger partial charge is 0.384 e. The molecule has 2 nitrogen and oxygen atoms in total. The van der Waals surface area contributed by atoms with E-state index >= 15 is 0 Å². The number of hydrogen-bond donors (Lipinski definition) is 1. The second-order valence-electron chi connectivity index (χ2n) is 4.34. The van der Waals surface area contributed by atoms with Crippen molar-refractivity contribution in [2.75, 3.05) is 11.9 Å². The molecule has 3 rings (SSSR count). The third-order valence-corrected chi connectivity index (χ3v) is 3.48. The Hall–Kier alpha value is -1.09. The second kappa shape index (κ2) is 4.06. The van der Waals surface area contributed by atoms with Gasteiger partial charge in [0.2, 0.25) is 0 Å². The Morgan fingerprint density at radius 1 is 1.31 bits per heavy atom. The summed E-state index contributed by atoms with van der Waals surface area (Å²) in [5.41, 5.74) is 2.24. The van der Waals surface area contributed by atoms with Crippen molar-refractivity contribution >= 4 is 32.5 Å². The van der Waals surface area contributed by atoms with E-state index in [2.05, 4.69) is 50.5 Å². The highest BCUT2D eigenvalue weighted by Crippen LogP contribution is 2.30. The van der Waals surface area contributed by atoms with Gasteiger partial charge in [-0.3, -0.25) is 4.98 Å². The van der Waals surface area contributed by atoms with Crippen LogP contribution in [-0.2, 0) is 0 Å². The van der Waals surface area contributed by atoms with Gasteiger partial charge >= 0.3 is 0 Å². The molecule has 16 heavy (non-hydrogen) atoms. The summed E-state index contributed by atoms with van der Waals surface area (Å²) in [6, 6.07) is 8.28. The van der Waals surface area contributed by atoms with E-state index in [1.54, 1.807) is 0 Å². The molecule has 1 aliphatic rings. The number of anilines is 1. The van der Waals surface area contributed by atoms with Gasteiger partial charge in [-0.15, -0.1) is 0 Å². The van der Waals surface area contributed by atoms with Crippen LogP contribution in [0.3, 0.4) is 0 Å². The average Bonchev–Trinajstić information content (AvgIpc) is 3.09. The zero-order valence-corrected chi connectivity index (χ0v) is 10.5. The maximum Gasteiger partial charge on any atom is 0.0733 e. The van der Waals surface area contributed by atoms with Crippen molar-refractivity contribution in [3.63, 3.8) is 0 Å². The van der Waals surface area contributed by atoms with E-state index in [9.17, 15) is 0 Å². The van der Waals surface area contributed by atoms with E-state index in [1.165, 1.54) is 23.9 Å². The summed E-state index contributed by atoms with van der Waals surface area (Å²) < 4.78 is 1.08. The monoisotopic (exact) mass is 276 g/mol. The number of fused-ring (bicyclic) bond motifs is 1. The maximum atomic E-state index is 4.38. The molecule has 1 N–H and O–H groups in total. The molecule has 0 bridgehead atoms. The van der Waals surface area contributed by atoms with E-state index < -0.39 is 0 Å². The van der Waals surface area contributed by atoms with Gasteiger partial charge in [-0.2, -0.15) is 0 Å². The van der Waals surface area contributed by atoms with Gasteiger partial charge in [0.25, 0.3) is 0 Å². The first-order valence-electron chi connectivity index (χ1n) is 5.61. The van der Waals surface area contributed by atoms with Crippen molar-refractivity contribution in [1.82, 2.24) is 4.98 Å². The van der Waals surface area contributed by atoms with E-state index in [0.717, 1.165) is 22.5 Å². The van der Waals surface area contributed by atoms with Crippen LogP contribution in [0, 0.1) is 5.92 Å². The number of nitrogens with one attached hydrogen (secondary N) is 1. The maximum absolute atomic E-state index is 4.38. The molecule has 0 atom stereocenters. The standard InChI is InChI=1S/C13H13BrN2/c14-10-3-4-11-12(16-8-9-1-2-9)5-6-15-13(11)7-10/h3-7,9H,1-2,8H2,(H,15,16). The minimum atomic E-state index is 0.888. The molecule has 0 saturated heterocycles. The SMILES string of the molecule is Brc1ccc2c(NCC3CC3)ccnc2c1. The van der Waals surface area contributed by atoms with Crippen LogP contribution in [0.2, 0.25) is 0 Å². The third-order valence-electron chi connectivity index (χ3n) is 2.98. The summed E-state index contributed by atoms with van der Waals surface area (Å²) in [6.45, 7) is 1.09. The number of rotatable bonds is 3. The Morgan fingerprint density at radius 3 is 3.00 bits per heavy atom. The quantitative estimate of drug-likeness (QED) is 0.922. The van der Waals surface area contributed by atoms with Gasteiger partial charge in [-0.25, -0.2) is 0 Å². The van der Waals surface area contributed by atoms with E-state index in [4.69, 9.17) is 0 Å². The van der Waals surface area contributed by atoms with Gasteiger partial charge in [0.05, 0.1) is 5.52 Å². The number of halogens is 1. The summed E-state index contributed by atoms with van der Waals surface area (Å²) in [5, 5.41) is 4.71. The molecule has 2 aromatic rings. The van der Waals surface area contributed by atoms with Crippen LogP contribution in [0.25, 0.3) is 10.9 Å². The fraction of sp³-hybridized carbons (Fsp3) is 0.308. The van der Waals surface area contributed by atoms with Gasteiger partial charge < -0.3 is 5.32 Å². The lowest BCUT2D eigenvalue weighted by Gasteiger charge is -2.08. The lowest BCUT2D eigenvalue weighted by Crippen LogP contribution is -2.03. The third kappa shape index (κ3) is 2.05. The van der Waals surface area contributed by atoms with E-state index in [0.29, 0.717) is 0 Å². The lowest BCUT2D eigenvalue weighted by atomic mass is 10.2. The topological polar surface area (TPSA) is 24.9 Å². The Balaban J connectivity index is 1.95. The Labute approximate surface area is 103 Å². The van der Waals surface area contributed by atoms with Gasteiger partial charge in [-0.05, 0) is 43.0 Å². The zero-order chi connectivity index (χ0) is 11.0. The van der Waals surface area contributed by atoms with Crippen molar-refractivity contribution in [3.8, 4) is 0 Å². The van der Waals surface area contributed by atoms with Crippen LogP contribution >= 0.6 is 15.9 Å². The van der Waals surface area contributed by atoms with Crippen LogP contribution in [0.15, 0.2) is 34.9 Å². The normalized spacial score (nSPS) is 15.3. The molecule has 1 fully saturated rings. The Kier molecular flexibility index (Phi) is 2.56.